The third kappa shape index (κ3) is 3.47. The fourth-order valence-corrected chi connectivity index (χ4v) is 2.04. The Bertz CT molecular complexity index is 467. The van der Waals surface area contributed by atoms with Gasteiger partial charge in [-0.3, -0.25) is 4.79 Å². The van der Waals surface area contributed by atoms with E-state index in [9.17, 15) is 4.79 Å². The number of nitrogens with two attached hydrogens (primary N) is 1. The van der Waals surface area contributed by atoms with Crippen LogP contribution >= 0.6 is 0 Å². The summed E-state index contributed by atoms with van der Waals surface area (Å²) in [5, 5.41) is 2.90. The molecule has 1 aliphatic carbocycles. The fraction of sp³-hybridized carbons (Fsp3) is 0.533. The van der Waals surface area contributed by atoms with Crippen LogP contribution in [-0.4, -0.2) is 24.6 Å². The van der Waals surface area contributed by atoms with Gasteiger partial charge in [-0.25, -0.2) is 0 Å². The summed E-state index contributed by atoms with van der Waals surface area (Å²) in [4.78, 5) is 11.7. The highest BCUT2D eigenvalue weighted by Crippen LogP contribution is 2.32. The Kier molecular flexibility index (Phi) is 4.10. The topological polar surface area (TPSA) is 64.3 Å². The molecule has 4 heteroatoms. The second-order valence-electron chi connectivity index (χ2n) is 5.19. The zero-order chi connectivity index (χ0) is 13.9. The first kappa shape index (κ1) is 13.9. The Balaban J connectivity index is 1.83. The number of amides is 1. The number of aryl methyl sites for hydroxylation is 1. The van der Waals surface area contributed by atoms with Crippen molar-refractivity contribution in [1.82, 2.24) is 5.32 Å². The van der Waals surface area contributed by atoms with Gasteiger partial charge in [0.25, 0.3) is 0 Å². The second kappa shape index (κ2) is 5.61. The molecule has 1 fully saturated rings. The predicted molar refractivity (Wildman–Crippen MR) is 75.2 cm³/mol. The zero-order valence-electron chi connectivity index (χ0n) is 11.7. The minimum atomic E-state index is -0.575. The molecule has 0 radical (unpaired) electrons. The van der Waals surface area contributed by atoms with Gasteiger partial charge in [-0.1, -0.05) is 12.1 Å². The third-order valence-corrected chi connectivity index (χ3v) is 3.48. The summed E-state index contributed by atoms with van der Waals surface area (Å²) in [6.07, 6.45) is 2.43. The van der Waals surface area contributed by atoms with Gasteiger partial charge in [-0.15, -0.1) is 0 Å². The highest BCUT2D eigenvalue weighted by atomic mass is 16.5. The van der Waals surface area contributed by atoms with Crippen molar-refractivity contribution in [2.24, 2.45) is 5.73 Å². The average Bonchev–Trinajstić information content (AvgIpc) is 3.12. The van der Waals surface area contributed by atoms with Crippen LogP contribution < -0.4 is 15.8 Å². The second-order valence-corrected chi connectivity index (χ2v) is 5.19. The number of nitrogens with one attached hydrogen (secondary N) is 1. The van der Waals surface area contributed by atoms with Crippen molar-refractivity contribution >= 4 is 5.91 Å². The molecular formula is C15H22N2O2. The van der Waals surface area contributed by atoms with E-state index < -0.39 is 5.54 Å². The molecule has 1 amide bonds. The van der Waals surface area contributed by atoms with Crippen molar-refractivity contribution in [3.63, 3.8) is 0 Å². The van der Waals surface area contributed by atoms with Crippen molar-refractivity contribution in [2.45, 2.75) is 38.6 Å². The van der Waals surface area contributed by atoms with Gasteiger partial charge in [0.2, 0.25) is 5.91 Å². The molecule has 0 heterocycles. The van der Waals surface area contributed by atoms with Crippen LogP contribution in [0.5, 0.6) is 5.75 Å². The van der Waals surface area contributed by atoms with Crippen LogP contribution in [0.4, 0.5) is 0 Å². The van der Waals surface area contributed by atoms with E-state index in [1.54, 1.807) is 0 Å². The van der Waals surface area contributed by atoms with Crippen LogP contribution in [0.3, 0.4) is 0 Å². The maximum absolute atomic E-state index is 11.7. The molecule has 1 aromatic rings. The number of carbonyl (C=O) groups excluding carboxylic acids is 1. The molecule has 0 aliphatic heterocycles. The minimum absolute atomic E-state index is 0.0184. The Hall–Kier alpha value is -1.55. The number of hydrogen-bond acceptors (Lipinski definition) is 3. The Morgan fingerprint density at radius 2 is 2.21 bits per heavy atom. The molecule has 0 bridgehead atoms. The van der Waals surface area contributed by atoms with Crippen molar-refractivity contribution < 1.29 is 9.53 Å². The molecule has 1 aromatic carbocycles. The summed E-state index contributed by atoms with van der Waals surface area (Å²) in [5.41, 5.74) is 7.57. The summed E-state index contributed by atoms with van der Waals surface area (Å²) in [6, 6.07) is 6.13. The van der Waals surface area contributed by atoms with E-state index in [1.165, 1.54) is 5.56 Å². The Morgan fingerprint density at radius 3 is 2.79 bits per heavy atom. The van der Waals surface area contributed by atoms with E-state index in [0.717, 1.165) is 30.6 Å². The van der Waals surface area contributed by atoms with Crippen LogP contribution in [0.1, 0.15) is 30.9 Å². The first-order valence-corrected chi connectivity index (χ1v) is 6.84. The van der Waals surface area contributed by atoms with Gasteiger partial charge in [0.1, 0.15) is 5.75 Å². The molecule has 1 saturated carbocycles. The van der Waals surface area contributed by atoms with E-state index in [-0.39, 0.29) is 5.91 Å². The van der Waals surface area contributed by atoms with Gasteiger partial charge < -0.3 is 15.8 Å². The molecule has 104 valence electrons. The fourth-order valence-electron chi connectivity index (χ4n) is 2.04. The van der Waals surface area contributed by atoms with Crippen molar-refractivity contribution in [1.29, 1.82) is 0 Å². The van der Waals surface area contributed by atoms with E-state index in [1.807, 2.05) is 26.0 Å². The lowest BCUT2D eigenvalue weighted by atomic mass is 10.1. The Morgan fingerprint density at radius 1 is 1.47 bits per heavy atom. The number of rotatable bonds is 6. The monoisotopic (exact) mass is 262 g/mol. The molecule has 2 rings (SSSR count). The van der Waals surface area contributed by atoms with Crippen LogP contribution in [-0.2, 0) is 11.2 Å². The van der Waals surface area contributed by atoms with Crippen LogP contribution in [0.2, 0.25) is 0 Å². The number of hydrogen-bond donors (Lipinski definition) is 2. The molecule has 4 nitrogen and oxygen atoms in total. The Labute approximate surface area is 114 Å². The molecule has 3 N–H and O–H groups in total. The lowest BCUT2D eigenvalue weighted by Crippen LogP contribution is -2.43. The van der Waals surface area contributed by atoms with Gasteiger partial charge in [0.05, 0.1) is 12.1 Å². The number of carbonyl (C=O) groups is 1. The van der Waals surface area contributed by atoms with Gasteiger partial charge >= 0.3 is 0 Å². The van der Waals surface area contributed by atoms with E-state index in [0.29, 0.717) is 13.2 Å². The predicted octanol–water partition coefficient (Wildman–Crippen LogP) is 1.54. The van der Waals surface area contributed by atoms with Crippen molar-refractivity contribution in [3.05, 3.63) is 29.3 Å². The normalized spacial score (nSPS) is 15.9. The first-order chi connectivity index (χ1) is 9.05. The average molecular weight is 262 g/mol. The van der Waals surface area contributed by atoms with Crippen molar-refractivity contribution in [2.75, 3.05) is 13.2 Å². The van der Waals surface area contributed by atoms with Gasteiger partial charge in [-0.05, 0) is 50.3 Å². The molecule has 0 atom stereocenters. The summed E-state index contributed by atoms with van der Waals surface area (Å²) in [7, 11) is 0. The summed E-state index contributed by atoms with van der Waals surface area (Å²) >= 11 is 0. The van der Waals surface area contributed by atoms with Crippen molar-refractivity contribution in [3.8, 4) is 5.75 Å². The highest BCUT2D eigenvalue weighted by molar-refractivity contribution is 5.88. The van der Waals surface area contributed by atoms with E-state index in [2.05, 4.69) is 11.4 Å². The lowest BCUT2D eigenvalue weighted by Gasteiger charge is -2.11. The molecule has 1 aliphatic rings. The van der Waals surface area contributed by atoms with Crippen LogP contribution in [0, 0.1) is 6.92 Å². The molecule has 19 heavy (non-hydrogen) atoms. The van der Waals surface area contributed by atoms with E-state index in [4.69, 9.17) is 10.5 Å². The maximum Gasteiger partial charge on any atom is 0.240 e. The summed E-state index contributed by atoms with van der Waals surface area (Å²) in [6.45, 7) is 5.32. The molecule has 0 spiro atoms. The van der Waals surface area contributed by atoms with E-state index >= 15 is 0 Å². The number of benzene rings is 1. The van der Waals surface area contributed by atoms with Crippen LogP contribution in [0.15, 0.2) is 18.2 Å². The first-order valence-electron chi connectivity index (χ1n) is 6.84. The summed E-state index contributed by atoms with van der Waals surface area (Å²) < 4.78 is 5.50. The molecule has 0 unspecified atom stereocenters. The lowest BCUT2D eigenvalue weighted by molar-refractivity contribution is -0.123. The molecule has 0 saturated heterocycles. The zero-order valence-corrected chi connectivity index (χ0v) is 11.7. The standard InChI is InChI=1S/C15H22N2O2/c1-3-19-13-5-4-12(10-11(13)2)6-9-17-14(18)15(16)7-8-15/h4-5,10H,3,6-9,16H2,1-2H3,(H,17,18). The van der Waals surface area contributed by atoms with Crippen LogP contribution in [0.25, 0.3) is 0 Å². The highest BCUT2D eigenvalue weighted by Gasteiger charge is 2.45. The largest absolute Gasteiger partial charge is 0.494 e. The minimum Gasteiger partial charge on any atom is -0.494 e. The third-order valence-electron chi connectivity index (χ3n) is 3.48. The van der Waals surface area contributed by atoms with Gasteiger partial charge in [0, 0.05) is 6.54 Å². The summed E-state index contributed by atoms with van der Waals surface area (Å²) in [5.74, 6) is 0.907. The maximum atomic E-state index is 11.7. The molecular weight excluding hydrogens is 240 g/mol. The van der Waals surface area contributed by atoms with Gasteiger partial charge in [-0.2, -0.15) is 0 Å². The number of ether oxygens (including phenoxy) is 1. The molecule has 0 aromatic heterocycles. The quantitative estimate of drug-likeness (QED) is 0.817. The SMILES string of the molecule is CCOc1ccc(CCNC(=O)C2(N)CC2)cc1C. The van der Waals surface area contributed by atoms with Gasteiger partial charge in [0.15, 0.2) is 0 Å². The smallest absolute Gasteiger partial charge is 0.240 e.